The summed E-state index contributed by atoms with van der Waals surface area (Å²) in [5.74, 6) is 0. The third kappa shape index (κ3) is 15.5. The molecule has 2 aliphatic heterocycles. The molecule has 5 rings (SSSR count). The number of fused-ring (bicyclic) bond motifs is 8. The van der Waals surface area contributed by atoms with E-state index in [0.717, 1.165) is 48.5 Å². The van der Waals surface area contributed by atoms with Crippen LogP contribution in [0.1, 0.15) is 253 Å². The first-order valence-corrected chi connectivity index (χ1v) is 25.8. The van der Waals surface area contributed by atoms with Crippen molar-refractivity contribution in [1.29, 1.82) is 0 Å². The van der Waals surface area contributed by atoms with E-state index in [2.05, 4.69) is 86.2 Å². The van der Waals surface area contributed by atoms with Gasteiger partial charge in [0.2, 0.25) is 0 Å². The molecule has 0 radical (unpaired) electrons. The number of hydrogen-bond donors (Lipinski definition) is 2. The van der Waals surface area contributed by atoms with E-state index >= 15 is 0 Å². The Labute approximate surface area is 367 Å². The Morgan fingerprint density at radius 1 is 0.283 bits per heavy atom. The maximum atomic E-state index is 5.53. The highest BCUT2D eigenvalue weighted by molar-refractivity contribution is 5.83. The number of aromatic amines is 2. The number of rotatable bonds is 32. The lowest BCUT2D eigenvalue weighted by Crippen LogP contribution is -1.97. The summed E-state index contributed by atoms with van der Waals surface area (Å²) < 4.78 is 0. The molecule has 0 fully saturated rings. The van der Waals surface area contributed by atoms with Crippen LogP contribution in [0.2, 0.25) is 0 Å². The molecule has 0 amide bonds. The standard InChI is InChI=1S/C56H86N4/c1-5-9-13-17-21-25-29-33-45-49-37-39-51(57-49)46(34-30-26-22-18-14-10-6-2)53-41-43-55(59-53)48(36-32-28-24-20-16-12-8-4)56-44-42-54(60-56)47(52-40-38-50(45)58-52)35-31-27-23-19-15-11-7-3/h37-44,57-58H,5-36H2,1-4H3. The van der Waals surface area contributed by atoms with Gasteiger partial charge in [-0.05, 0) is 105 Å². The van der Waals surface area contributed by atoms with Crippen LogP contribution < -0.4 is 0 Å². The summed E-state index contributed by atoms with van der Waals surface area (Å²) in [4.78, 5) is 19.1. The molecule has 330 valence electrons. The van der Waals surface area contributed by atoms with Crippen molar-refractivity contribution in [2.24, 2.45) is 0 Å². The molecule has 0 atom stereocenters. The molecule has 8 bridgehead atoms. The average Bonchev–Trinajstić information content (AvgIpc) is 4.11. The van der Waals surface area contributed by atoms with Gasteiger partial charge in [0, 0.05) is 38.8 Å². The van der Waals surface area contributed by atoms with Gasteiger partial charge < -0.3 is 9.97 Å². The molecule has 4 heteroatoms. The van der Waals surface area contributed by atoms with Crippen LogP contribution in [0.15, 0.2) is 24.3 Å². The van der Waals surface area contributed by atoms with Crippen molar-refractivity contribution in [2.75, 3.05) is 0 Å². The van der Waals surface area contributed by atoms with Crippen molar-refractivity contribution in [2.45, 2.75) is 233 Å². The minimum Gasteiger partial charge on any atom is -0.355 e. The molecule has 60 heavy (non-hydrogen) atoms. The van der Waals surface area contributed by atoms with Gasteiger partial charge in [0.15, 0.2) is 0 Å². The second-order valence-corrected chi connectivity index (χ2v) is 18.4. The van der Waals surface area contributed by atoms with Crippen LogP contribution in [-0.4, -0.2) is 19.9 Å². The zero-order valence-electron chi connectivity index (χ0n) is 39.1. The molecule has 0 aliphatic carbocycles. The Balaban J connectivity index is 1.58. The van der Waals surface area contributed by atoms with E-state index in [0.29, 0.717) is 0 Å². The third-order valence-corrected chi connectivity index (χ3v) is 13.3. The van der Waals surface area contributed by atoms with Crippen LogP contribution in [0.25, 0.3) is 46.4 Å². The number of nitrogens with zero attached hydrogens (tertiary/aromatic N) is 2. The van der Waals surface area contributed by atoms with E-state index in [4.69, 9.17) is 9.97 Å². The highest BCUT2D eigenvalue weighted by Crippen LogP contribution is 2.30. The first-order valence-electron chi connectivity index (χ1n) is 25.8. The minimum absolute atomic E-state index is 1.02. The largest absolute Gasteiger partial charge is 0.355 e. The number of unbranched alkanes of at least 4 members (excludes halogenated alkanes) is 24. The number of hydrogen-bond acceptors (Lipinski definition) is 2. The van der Waals surface area contributed by atoms with Crippen molar-refractivity contribution < 1.29 is 0 Å². The first-order chi connectivity index (χ1) is 29.7. The summed E-state index contributed by atoms with van der Waals surface area (Å²) in [5.41, 5.74) is 15.0. The average molecular weight is 815 g/mol. The Morgan fingerprint density at radius 2 is 0.517 bits per heavy atom. The van der Waals surface area contributed by atoms with Crippen molar-refractivity contribution in [3.63, 3.8) is 0 Å². The highest BCUT2D eigenvalue weighted by atomic mass is 14.8. The molecule has 5 heterocycles. The summed E-state index contributed by atoms with van der Waals surface area (Å²) >= 11 is 0. The molecule has 0 saturated carbocycles. The Morgan fingerprint density at radius 3 is 0.833 bits per heavy atom. The fraction of sp³-hybridized carbons (Fsp3) is 0.643. The van der Waals surface area contributed by atoms with E-state index < -0.39 is 0 Å². The van der Waals surface area contributed by atoms with Gasteiger partial charge in [-0.3, -0.25) is 0 Å². The van der Waals surface area contributed by atoms with Crippen molar-refractivity contribution in [3.8, 4) is 0 Å². The van der Waals surface area contributed by atoms with Crippen molar-refractivity contribution in [1.82, 2.24) is 19.9 Å². The van der Waals surface area contributed by atoms with Crippen LogP contribution in [0.3, 0.4) is 0 Å². The maximum absolute atomic E-state index is 5.53. The number of aryl methyl sites for hydroxylation is 3. The summed E-state index contributed by atoms with van der Waals surface area (Å²) in [6, 6.07) is 9.45. The Bertz CT molecular complexity index is 1770. The summed E-state index contributed by atoms with van der Waals surface area (Å²) in [5, 5.41) is 0. The lowest BCUT2D eigenvalue weighted by molar-refractivity contribution is 0.588. The minimum atomic E-state index is 1.02. The second-order valence-electron chi connectivity index (χ2n) is 18.4. The highest BCUT2D eigenvalue weighted by Gasteiger charge is 2.17. The molecule has 2 aliphatic rings. The maximum Gasteiger partial charge on any atom is 0.0691 e. The van der Waals surface area contributed by atoms with E-state index in [9.17, 15) is 0 Å². The van der Waals surface area contributed by atoms with Crippen LogP contribution in [0.4, 0.5) is 0 Å². The molecular formula is C56H86N4. The van der Waals surface area contributed by atoms with E-state index in [-0.39, 0.29) is 0 Å². The van der Waals surface area contributed by atoms with Crippen LogP contribution >= 0.6 is 0 Å². The van der Waals surface area contributed by atoms with E-state index in [1.54, 1.807) is 0 Å². The van der Waals surface area contributed by atoms with Crippen molar-refractivity contribution >= 4 is 46.4 Å². The SMILES string of the molecule is CCCCCCCCCc1c2nc(c(CCCCCCCCC)c3ccc([nH]3)c(CCCCCCCCC)c3ccc([nH]3)c(CCCCCCCCC)c3nc1C=C3)C=C2. The third-order valence-electron chi connectivity index (χ3n) is 13.3. The normalized spacial score (nSPS) is 12.3. The van der Waals surface area contributed by atoms with Gasteiger partial charge in [-0.2, -0.15) is 0 Å². The van der Waals surface area contributed by atoms with Crippen LogP contribution in [-0.2, 0) is 25.7 Å². The molecule has 0 unspecified atom stereocenters. The first kappa shape index (κ1) is 47.6. The molecule has 0 aromatic carbocycles. The van der Waals surface area contributed by atoms with Crippen LogP contribution in [0.5, 0.6) is 0 Å². The molecular weight excluding hydrogens is 729 g/mol. The van der Waals surface area contributed by atoms with Gasteiger partial charge in [0.25, 0.3) is 0 Å². The molecule has 4 nitrogen and oxygen atoms in total. The lowest BCUT2D eigenvalue weighted by Gasteiger charge is -2.07. The molecule has 0 saturated heterocycles. The molecule has 0 spiro atoms. The molecule has 3 aromatic heterocycles. The van der Waals surface area contributed by atoms with Gasteiger partial charge in [0.1, 0.15) is 0 Å². The number of aromatic nitrogens is 4. The monoisotopic (exact) mass is 815 g/mol. The fourth-order valence-corrected chi connectivity index (χ4v) is 9.53. The second kappa shape index (κ2) is 28.2. The fourth-order valence-electron chi connectivity index (χ4n) is 9.53. The van der Waals surface area contributed by atoms with Gasteiger partial charge >= 0.3 is 0 Å². The summed E-state index contributed by atoms with van der Waals surface area (Å²) in [6.07, 6.45) is 50.2. The number of H-pyrrole nitrogens is 2. The van der Waals surface area contributed by atoms with Gasteiger partial charge in [-0.25, -0.2) is 9.97 Å². The topological polar surface area (TPSA) is 57.4 Å². The zero-order chi connectivity index (χ0) is 42.0. The smallest absolute Gasteiger partial charge is 0.0691 e. The predicted octanol–water partition coefficient (Wildman–Crippen LogP) is 17.8. The Hall–Kier alpha value is -3.40. The van der Waals surface area contributed by atoms with Crippen LogP contribution in [0, 0.1) is 0 Å². The van der Waals surface area contributed by atoms with E-state index in [1.807, 2.05) is 0 Å². The lowest BCUT2D eigenvalue weighted by atomic mass is 10.0. The summed E-state index contributed by atoms with van der Waals surface area (Å²) in [6.45, 7) is 9.24. The zero-order valence-corrected chi connectivity index (χ0v) is 39.1. The summed E-state index contributed by atoms with van der Waals surface area (Å²) in [7, 11) is 0. The Kier molecular flexibility index (Phi) is 22.4. The van der Waals surface area contributed by atoms with Gasteiger partial charge in [-0.15, -0.1) is 0 Å². The predicted molar refractivity (Wildman–Crippen MR) is 266 cm³/mol. The van der Waals surface area contributed by atoms with Gasteiger partial charge in [-0.1, -0.05) is 182 Å². The van der Waals surface area contributed by atoms with Gasteiger partial charge in [0.05, 0.1) is 22.8 Å². The van der Waals surface area contributed by atoms with E-state index in [1.165, 1.54) is 224 Å². The molecule has 3 aromatic rings. The quantitative estimate of drug-likeness (QED) is 0.0425. The molecule has 2 N–H and O–H groups in total. The number of nitrogens with one attached hydrogen (secondary N) is 2. The van der Waals surface area contributed by atoms with Crippen molar-refractivity contribution in [3.05, 3.63) is 69.3 Å².